The van der Waals surface area contributed by atoms with E-state index in [1.165, 1.54) is 17.2 Å². The molecule has 4 nitrogen and oxygen atoms in total. The highest BCUT2D eigenvalue weighted by molar-refractivity contribution is 9.10. The fraction of sp³-hybridized carbons (Fsp3) is 0.261. The number of rotatable bonds is 1. The highest BCUT2D eigenvalue weighted by atomic mass is 79.9. The zero-order valence-electron chi connectivity index (χ0n) is 15.7. The SMILES string of the molecule is Fc1ccc2[nH]c3c(Br)cnc(N4CCC5(CC4)OCc4ccccc45)c3c2c1. The maximum atomic E-state index is 14.0. The van der Waals surface area contributed by atoms with Gasteiger partial charge in [0.05, 0.1) is 27.6 Å². The van der Waals surface area contributed by atoms with Crippen molar-refractivity contribution in [3.05, 3.63) is 70.1 Å². The van der Waals surface area contributed by atoms with Gasteiger partial charge in [0.2, 0.25) is 0 Å². The first-order valence-corrected chi connectivity index (χ1v) is 10.7. The van der Waals surface area contributed by atoms with E-state index in [1.54, 1.807) is 12.1 Å². The number of halogens is 2. The fourth-order valence-electron chi connectivity index (χ4n) is 4.94. The van der Waals surface area contributed by atoms with Crippen LogP contribution in [0.4, 0.5) is 10.2 Å². The number of fused-ring (bicyclic) bond motifs is 5. The summed E-state index contributed by atoms with van der Waals surface area (Å²) in [5, 5.41) is 1.84. The normalized spacial score (nSPS) is 18.1. The second-order valence-corrected chi connectivity index (χ2v) is 8.78. The number of ether oxygens (including phenoxy) is 1. The van der Waals surface area contributed by atoms with Gasteiger partial charge in [-0.3, -0.25) is 0 Å². The minimum Gasteiger partial charge on any atom is -0.365 e. The Hall–Kier alpha value is -2.44. The molecule has 6 rings (SSSR count). The maximum Gasteiger partial charge on any atom is 0.138 e. The Morgan fingerprint density at radius 3 is 2.83 bits per heavy atom. The molecule has 0 saturated carbocycles. The number of benzene rings is 2. The molecule has 0 unspecified atom stereocenters. The van der Waals surface area contributed by atoms with Crippen molar-refractivity contribution in [2.45, 2.75) is 25.0 Å². The van der Waals surface area contributed by atoms with Crippen LogP contribution in [0.3, 0.4) is 0 Å². The second-order valence-electron chi connectivity index (χ2n) is 7.92. The first kappa shape index (κ1) is 17.4. The number of hydrogen-bond donors (Lipinski definition) is 1. The maximum absolute atomic E-state index is 14.0. The van der Waals surface area contributed by atoms with Gasteiger partial charge >= 0.3 is 0 Å². The minimum atomic E-state index is -0.238. The van der Waals surface area contributed by atoms with Crippen LogP contribution in [0.2, 0.25) is 0 Å². The summed E-state index contributed by atoms with van der Waals surface area (Å²) >= 11 is 3.59. The molecule has 0 bridgehead atoms. The van der Waals surface area contributed by atoms with Crippen molar-refractivity contribution in [1.29, 1.82) is 0 Å². The molecule has 2 aromatic heterocycles. The van der Waals surface area contributed by atoms with Gasteiger partial charge < -0.3 is 14.6 Å². The zero-order valence-corrected chi connectivity index (χ0v) is 17.3. The monoisotopic (exact) mass is 451 g/mol. The van der Waals surface area contributed by atoms with Gasteiger partial charge in [-0.15, -0.1) is 0 Å². The molecule has 146 valence electrons. The Kier molecular flexibility index (Phi) is 3.77. The van der Waals surface area contributed by atoms with Gasteiger partial charge in [0.25, 0.3) is 0 Å². The Bertz CT molecular complexity index is 1260. The highest BCUT2D eigenvalue weighted by Gasteiger charge is 2.42. The van der Waals surface area contributed by atoms with Crippen LogP contribution in [-0.2, 0) is 16.9 Å². The van der Waals surface area contributed by atoms with Crippen molar-refractivity contribution in [2.75, 3.05) is 18.0 Å². The molecule has 6 heteroatoms. The Balaban J connectivity index is 1.41. The molecule has 1 fully saturated rings. The molecular formula is C23H19BrFN3O. The molecule has 0 aliphatic carbocycles. The van der Waals surface area contributed by atoms with Crippen LogP contribution in [0, 0.1) is 5.82 Å². The van der Waals surface area contributed by atoms with E-state index in [2.05, 4.69) is 50.1 Å². The van der Waals surface area contributed by atoms with Crippen LogP contribution in [-0.4, -0.2) is 23.1 Å². The average molecular weight is 452 g/mol. The van der Waals surface area contributed by atoms with Crippen LogP contribution >= 0.6 is 15.9 Å². The van der Waals surface area contributed by atoms with E-state index in [0.29, 0.717) is 6.61 Å². The smallest absolute Gasteiger partial charge is 0.138 e. The third kappa shape index (κ3) is 2.55. The van der Waals surface area contributed by atoms with E-state index in [1.807, 2.05) is 6.20 Å². The number of nitrogens with zero attached hydrogens (tertiary/aromatic N) is 2. The lowest BCUT2D eigenvalue weighted by Gasteiger charge is -2.40. The molecule has 0 atom stereocenters. The lowest BCUT2D eigenvalue weighted by molar-refractivity contribution is -0.0551. The van der Waals surface area contributed by atoms with Gasteiger partial charge in [0.1, 0.15) is 11.6 Å². The summed E-state index contributed by atoms with van der Waals surface area (Å²) in [7, 11) is 0. The molecule has 0 amide bonds. The van der Waals surface area contributed by atoms with Crippen molar-refractivity contribution in [2.24, 2.45) is 0 Å². The summed E-state index contributed by atoms with van der Waals surface area (Å²) in [5.41, 5.74) is 4.32. The largest absolute Gasteiger partial charge is 0.365 e. The number of anilines is 1. The lowest BCUT2D eigenvalue weighted by Crippen LogP contribution is -2.43. The number of pyridine rings is 1. The van der Waals surface area contributed by atoms with Gasteiger partial charge in [0.15, 0.2) is 0 Å². The first-order valence-electron chi connectivity index (χ1n) is 9.87. The predicted octanol–water partition coefficient (Wildman–Crippen LogP) is 5.64. The van der Waals surface area contributed by atoms with E-state index < -0.39 is 0 Å². The summed E-state index contributed by atoms with van der Waals surface area (Å²) < 4.78 is 21.2. The molecule has 0 radical (unpaired) electrons. The summed E-state index contributed by atoms with van der Waals surface area (Å²) in [6.07, 6.45) is 3.66. The number of H-pyrrole nitrogens is 1. The van der Waals surface area contributed by atoms with Crippen LogP contribution in [0.15, 0.2) is 53.1 Å². The minimum absolute atomic E-state index is 0.187. The van der Waals surface area contributed by atoms with Crippen LogP contribution in [0.1, 0.15) is 24.0 Å². The number of nitrogens with one attached hydrogen (secondary N) is 1. The van der Waals surface area contributed by atoms with Gasteiger partial charge in [-0.05, 0) is 58.1 Å². The van der Waals surface area contributed by atoms with Crippen molar-refractivity contribution >= 4 is 43.6 Å². The molecule has 4 aromatic rings. The third-order valence-electron chi connectivity index (χ3n) is 6.41. The lowest BCUT2D eigenvalue weighted by atomic mass is 9.84. The Morgan fingerprint density at radius 2 is 1.97 bits per heavy atom. The molecule has 1 spiro atoms. The topological polar surface area (TPSA) is 41.2 Å². The van der Waals surface area contributed by atoms with Crippen LogP contribution in [0.5, 0.6) is 0 Å². The first-order chi connectivity index (χ1) is 14.1. The van der Waals surface area contributed by atoms with E-state index in [0.717, 1.165) is 58.0 Å². The van der Waals surface area contributed by atoms with E-state index in [-0.39, 0.29) is 11.4 Å². The fourth-order valence-corrected chi connectivity index (χ4v) is 5.34. The van der Waals surface area contributed by atoms with E-state index in [9.17, 15) is 4.39 Å². The van der Waals surface area contributed by atoms with Gasteiger partial charge in [-0.1, -0.05) is 24.3 Å². The summed E-state index contributed by atoms with van der Waals surface area (Å²) in [6.45, 7) is 2.39. The molecule has 4 heterocycles. The number of piperidine rings is 1. The molecule has 2 aliphatic rings. The predicted molar refractivity (Wildman–Crippen MR) is 116 cm³/mol. The molecular weight excluding hydrogens is 433 g/mol. The van der Waals surface area contributed by atoms with Gasteiger partial charge in [-0.2, -0.15) is 0 Å². The standard InChI is InChI=1S/C23H19BrFN3O/c24-18-12-26-22(20-16-11-15(25)5-6-19(16)27-21(18)20)28-9-7-23(8-10-28)17-4-2-1-3-14(17)13-29-23/h1-6,11-12,27H,7-10,13H2. The third-order valence-corrected chi connectivity index (χ3v) is 7.01. The summed E-state index contributed by atoms with van der Waals surface area (Å²) in [5.74, 6) is 0.666. The van der Waals surface area contributed by atoms with E-state index in [4.69, 9.17) is 9.72 Å². The molecule has 1 N–H and O–H groups in total. The molecule has 29 heavy (non-hydrogen) atoms. The van der Waals surface area contributed by atoms with Crippen molar-refractivity contribution in [1.82, 2.24) is 9.97 Å². The Labute approximate surface area is 175 Å². The zero-order chi connectivity index (χ0) is 19.6. The van der Waals surface area contributed by atoms with Crippen molar-refractivity contribution < 1.29 is 9.13 Å². The summed E-state index contributed by atoms with van der Waals surface area (Å²) in [6, 6.07) is 13.4. The number of hydrogen-bond acceptors (Lipinski definition) is 3. The molecule has 2 aromatic carbocycles. The van der Waals surface area contributed by atoms with Gasteiger partial charge in [0, 0.05) is 30.2 Å². The average Bonchev–Trinajstić information content (AvgIpc) is 3.29. The van der Waals surface area contributed by atoms with Crippen LogP contribution in [0.25, 0.3) is 21.8 Å². The number of aromatic amines is 1. The summed E-state index contributed by atoms with van der Waals surface area (Å²) in [4.78, 5) is 10.5. The molecule has 2 aliphatic heterocycles. The second kappa shape index (κ2) is 6.28. The molecule has 1 saturated heterocycles. The van der Waals surface area contributed by atoms with Gasteiger partial charge in [-0.25, -0.2) is 9.37 Å². The van der Waals surface area contributed by atoms with Crippen molar-refractivity contribution in [3.8, 4) is 0 Å². The highest BCUT2D eigenvalue weighted by Crippen LogP contribution is 2.45. The van der Waals surface area contributed by atoms with E-state index >= 15 is 0 Å². The van der Waals surface area contributed by atoms with Crippen LogP contribution < -0.4 is 4.90 Å². The number of aromatic nitrogens is 2. The quantitative estimate of drug-likeness (QED) is 0.406. The van der Waals surface area contributed by atoms with Crippen molar-refractivity contribution in [3.63, 3.8) is 0 Å². The Morgan fingerprint density at radius 1 is 1.14 bits per heavy atom.